The van der Waals surface area contributed by atoms with Crippen LogP contribution in [0, 0.1) is 0 Å². The van der Waals surface area contributed by atoms with Gasteiger partial charge in [0, 0.05) is 6.20 Å². The van der Waals surface area contributed by atoms with Gasteiger partial charge in [-0.15, -0.1) is 0 Å². The van der Waals surface area contributed by atoms with E-state index in [1.54, 1.807) is 12.1 Å². The topological polar surface area (TPSA) is 88.5 Å². The van der Waals surface area contributed by atoms with Gasteiger partial charge in [-0.25, -0.2) is 9.78 Å². The molecule has 68 valence electrons. The molecule has 0 aromatic carbocycles. The van der Waals surface area contributed by atoms with Gasteiger partial charge in [-0.2, -0.15) is 8.42 Å². The molecular weight excluding hydrogens is 194 g/mol. The maximum absolute atomic E-state index is 10.7. The van der Waals surface area contributed by atoms with Crippen LogP contribution in [0.4, 0.5) is 10.6 Å². The molecule has 1 N–H and O–H groups in total. The fourth-order valence-corrected chi connectivity index (χ4v) is 0.818. The van der Waals surface area contributed by atoms with Crippen LogP contribution < -0.4 is 5.32 Å². The predicted octanol–water partition coefficient (Wildman–Crippen LogP) is 0.676. The first-order chi connectivity index (χ1) is 6.18. The minimum Gasteiger partial charge on any atom is -0.290 e. The number of nitrogens with one attached hydrogen (secondary N) is 1. The number of rotatable bonds is 1. The number of hydrogen-bond donors (Lipinski definition) is 1. The van der Waals surface area contributed by atoms with Gasteiger partial charge in [-0.05, 0) is 12.1 Å². The third-order valence-electron chi connectivity index (χ3n) is 1.06. The predicted molar refractivity (Wildman–Crippen MR) is 44.6 cm³/mol. The summed E-state index contributed by atoms with van der Waals surface area (Å²) in [6, 6.07) is 3.86. The van der Waals surface area contributed by atoms with Crippen LogP contribution in [0.25, 0.3) is 0 Å². The molecule has 0 spiro atoms. The summed E-state index contributed by atoms with van der Waals surface area (Å²) in [5, 5.41) is 2.16. The van der Waals surface area contributed by atoms with Gasteiger partial charge in [-0.1, -0.05) is 10.4 Å². The lowest BCUT2D eigenvalue weighted by molar-refractivity contribution is 0.260. The Morgan fingerprint density at radius 3 is 2.77 bits per heavy atom. The van der Waals surface area contributed by atoms with Crippen LogP contribution in [-0.2, 0) is 10.5 Å². The Balaban J connectivity index is 2.72. The van der Waals surface area contributed by atoms with Crippen molar-refractivity contribution in [2.45, 2.75) is 0 Å². The van der Waals surface area contributed by atoms with Crippen molar-refractivity contribution in [2.75, 3.05) is 5.32 Å². The summed E-state index contributed by atoms with van der Waals surface area (Å²) in [4.78, 5) is 14.4. The van der Waals surface area contributed by atoms with Crippen LogP contribution in [0.2, 0.25) is 0 Å². The fraction of sp³-hybridized carbons (Fsp3) is 0. The molecular formula is C6H5N3O3S. The first-order valence-electron chi connectivity index (χ1n) is 3.21. The molecule has 7 heteroatoms. The molecule has 0 saturated carbocycles. The van der Waals surface area contributed by atoms with E-state index in [0.29, 0.717) is 0 Å². The number of aromatic nitrogens is 1. The van der Waals surface area contributed by atoms with E-state index >= 15 is 0 Å². The molecule has 0 unspecified atom stereocenters. The zero-order valence-corrected chi connectivity index (χ0v) is 7.15. The SMILES string of the molecule is O=C(N=S(=O)=O)Nc1ccccn1. The lowest BCUT2D eigenvalue weighted by Crippen LogP contribution is -2.06. The van der Waals surface area contributed by atoms with Gasteiger partial charge in [0.05, 0.1) is 0 Å². The lowest BCUT2D eigenvalue weighted by atomic mass is 10.5. The Labute approximate surface area is 75.3 Å². The van der Waals surface area contributed by atoms with Gasteiger partial charge in [0.2, 0.25) is 0 Å². The summed E-state index contributed by atoms with van der Waals surface area (Å²) in [5.41, 5.74) is 0. The van der Waals surface area contributed by atoms with E-state index in [-0.39, 0.29) is 5.82 Å². The summed E-state index contributed by atoms with van der Waals surface area (Å²) in [6.07, 6.45) is 1.46. The largest absolute Gasteiger partial charge is 0.361 e. The van der Waals surface area contributed by atoms with Crippen molar-refractivity contribution < 1.29 is 13.2 Å². The molecule has 0 aliphatic rings. The number of amides is 2. The van der Waals surface area contributed by atoms with Gasteiger partial charge in [-0.3, -0.25) is 5.32 Å². The molecule has 0 bridgehead atoms. The number of carbonyl (C=O) groups is 1. The molecule has 1 heterocycles. The molecule has 0 aliphatic heterocycles. The van der Waals surface area contributed by atoms with E-state index in [0.717, 1.165) is 0 Å². The first kappa shape index (κ1) is 9.33. The maximum atomic E-state index is 10.7. The molecule has 2 amide bonds. The summed E-state index contributed by atoms with van der Waals surface area (Å²) in [5.74, 6) is 0.252. The number of pyridine rings is 1. The molecule has 0 atom stereocenters. The molecule has 1 aromatic heterocycles. The summed E-state index contributed by atoms with van der Waals surface area (Å²) in [7, 11) is -2.73. The second kappa shape index (κ2) is 4.31. The van der Waals surface area contributed by atoms with E-state index in [1.807, 2.05) is 0 Å². The highest BCUT2D eigenvalue weighted by molar-refractivity contribution is 7.62. The Hall–Kier alpha value is -1.76. The average molecular weight is 199 g/mol. The second-order valence-corrected chi connectivity index (χ2v) is 2.57. The van der Waals surface area contributed by atoms with E-state index in [9.17, 15) is 13.2 Å². The number of anilines is 1. The second-order valence-electron chi connectivity index (χ2n) is 1.95. The standard InChI is InChI=1S/C6H5N3O3S/c10-6(9-13(11)12)8-5-3-1-2-4-7-5/h1-4H,(H,7,8,10). The average Bonchev–Trinajstić information content (AvgIpc) is 2.04. The molecule has 0 aliphatic carbocycles. The smallest absolute Gasteiger partial charge is 0.290 e. The summed E-state index contributed by atoms with van der Waals surface area (Å²) in [6.45, 7) is 0. The molecule has 0 radical (unpaired) electrons. The van der Waals surface area contributed by atoms with E-state index in [2.05, 4.69) is 14.7 Å². The summed E-state index contributed by atoms with van der Waals surface area (Å²) >= 11 is 0. The quantitative estimate of drug-likeness (QED) is 0.720. The van der Waals surface area contributed by atoms with Crippen LogP contribution in [0.1, 0.15) is 0 Å². The molecule has 13 heavy (non-hydrogen) atoms. The highest BCUT2D eigenvalue weighted by Crippen LogP contribution is 1.99. The number of carbonyl (C=O) groups excluding carboxylic acids is 1. The van der Waals surface area contributed by atoms with Gasteiger partial charge in [0.1, 0.15) is 5.82 Å². The molecule has 1 aromatic rings. The van der Waals surface area contributed by atoms with Crippen molar-refractivity contribution >= 4 is 22.3 Å². The highest BCUT2D eigenvalue weighted by atomic mass is 32.2. The number of hydrogen-bond acceptors (Lipinski definition) is 4. The highest BCUT2D eigenvalue weighted by Gasteiger charge is 1.98. The van der Waals surface area contributed by atoms with Crippen molar-refractivity contribution in [3.63, 3.8) is 0 Å². The van der Waals surface area contributed by atoms with E-state index in [4.69, 9.17) is 0 Å². The minimum absolute atomic E-state index is 0.252. The van der Waals surface area contributed by atoms with Gasteiger partial charge >= 0.3 is 16.5 Å². The van der Waals surface area contributed by atoms with Crippen LogP contribution in [0.3, 0.4) is 0 Å². The van der Waals surface area contributed by atoms with Crippen molar-refractivity contribution in [1.29, 1.82) is 0 Å². The number of nitrogens with zero attached hydrogens (tertiary/aromatic N) is 2. The van der Waals surface area contributed by atoms with Gasteiger partial charge < -0.3 is 0 Å². The monoisotopic (exact) mass is 199 g/mol. The molecule has 0 fully saturated rings. The number of urea groups is 1. The Kier molecular flexibility index (Phi) is 3.09. The van der Waals surface area contributed by atoms with Crippen molar-refractivity contribution in [3.8, 4) is 0 Å². The summed E-state index contributed by atoms with van der Waals surface area (Å²) < 4.78 is 22.6. The first-order valence-corrected chi connectivity index (χ1v) is 4.25. The molecule has 0 saturated heterocycles. The maximum Gasteiger partial charge on any atom is 0.361 e. The minimum atomic E-state index is -2.73. The van der Waals surface area contributed by atoms with Crippen molar-refractivity contribution in [1.82, 2.24) is 4.98 Å². The van der Waals surface area contributed by atoms with Gasteiger partial charge in [0.25, 0.3) is 0 Å². The molecule has 1 rings (SSSR count). The third-order valence-corrected chi connectivity index (χ3v) is 1.37. The van der Waals surface area contributed by atoms with E-state index in [1.165, 1.54) is 12.3 Å². The van der Waals surface area contributed by atoms with Crippen molar-refractivity contribution in [3.05, 3.63) is 24.4 Å². The zero-order valence-electron chi connectivity index (χ0n) is 6.34. The Bertz CT molecular complexity index is 418. The van der Waals surface area contributed by atoms with Crippen LogP contribution in [0.5, 0.6) is 0 Å². The van der Waals surface area contributed by atoms with Crippen LogP contribution >= 0.6 is 0 Å². The zero-order chi connectivity index (χ0) is 9.68. The Morgan fingerprint density at radius 2 is 2.23 bits per heavy atom. The third kappa shape index (κ3) is 3.43. The van der Waals surface area contributed by atoms with Gasteiger partial charge in [0.15, 0.2) is 0 Å². The van der Waals surface area contributed by atoms with Crippen LogP contribution in [-0.4, -0.2) is 19.4 Å². The van der Waals surface area contributed by atoms with Crippen LogP contribution in [0.15, 0.2) is 28.8 Å². The molecule has 6 nitrogen and oxygen atoms in total. The van der Waals surface area contributed by atoms with Crippen molar-refractivity contribution in [2.24, 2.45) is 4.36 Å². The Morgan fingerprint density at radius 1 is 1.46 bits per heavy atom. The van der Waals surface area contributed by atoms with E-state index < -0.39 is 16.5 Å². The fourth-order valence-electron chi connectivity index (χ4n) is 0.637. The lowest BCUT2D eigenvalue weighted by Gasteiger charge is -1.95. The normalized spacial score (nSPS) is 8.92.